The zero-order chi connectivity index (χ0) is 48.7. The van der Waals surface area contributed by atoms with Crippen molar-refractivity contribution in [3.8, 4) is 34.5 Å². The lowest BCUT2D eigenvalue weighted by molar-refractivity contribution is 0.414. The average Bonchev–Trinajstić information content (AvgIpc) is 3.35. The Labute approximate surface area is 396 Å². The molecule has 0 bridgehead atoms. The Bertz CT molecular complexity index is 3470. The second kappa shape index (κ2) is 20.3. The maximum Gasteiger partial charge on any atom is 0.206 e. The number of aryl methyl sites for hydroxylation is 2. The van der Waals surface area contributed by atoms with Crippen LogP contribution in [0.15, 0.2) is 233 Å². The van der Waals surface area contributed by atoms with Crippen LogP contribution in [0.1, 0.15) is 11.1 Å². The van der Waals surface area contributed by atoms with Gasteiger partial charge in [0.15, 0.2) is 0 Å². The Hall–Kier alpha value is -7.24. The number of sulfone groups is 4. The molecule has 0 radical (unpaired) electrons. The first-order valence-corrected chi connectivity index (χ1v) is 26.5. The molecule has 0 aliphatic carbocycles. The van der Waals surface area contributed by atoms with Crippen molar-refractivity contribution in [1.82, 2.24) is 0 Å². The predicted molar refractivity (Wildman–Crippen MR) is 256 cm³/mol. The molecule has 0 fully saturated rings. The molecule has 0 aromatic heterocycles. The van der Waals surface area contributed by atoms with E-state index in [1.807, 2.05) is 13.8 Å². The van der Waals surface area contributed by atoms with Crippen molar-refractivity contribution in [3.63, 3.8) is 0 Å². The van der Waals surface area contributed by atoms with Gasteiger partial charge in [-0.2, -0.15) is 0 Å². The van der Waals surface area contributed by atoms with Gasteiger partial charge in [-0.15, -0.1) is 0 Å². The lowest BCUT2D eigenvalue weighted by Gasteiger charge is -2.10. The second-order valence-electron chi connectivity index (χ2n) is 15.1. The summed E-state index contributed by atoms with van der Waals surface area (Å²) in [6, 6.07) is 49.8. The van der Waals surface area contributed by atoms with Gasteiger partial charge in [0.2, 0.25) is 39.3 Å². The molecule has 0 saturated heterocycles. The largest absolute Gasteiger partial charge is 0.497 e. The highest BCUT2D eigenvalue weighted by Crippen LogP contribution is 2.32. The number of ether oxygens (including phenoxy) is 4. The monoisotopic (exact) mass is 988 g/mol. The smallest absolute Gasteiger partial charge is 0.206 e. The molecule has 0 amide bonds. The zero-order valence-electron chi connectivity index (χ0n) is 37.0. The van der Waals surface area contributed by atoms with Gasteiger partial charge in [0.25, 0.3) is 0 Å². The summed E-state index contributed by atoms with van der Waals surface area (Å²) in [5.74, 6) is 2.66. The fraction of sp³-hybridized carbons (Fsp3) is 0.0769. The molecule has 8 rings (SSSR count). The van der Waals surface area contributed by atoms with E-state index in [0.717, 1.165) is 11.1 Å². The SMILES string of the molecule is COc1ccc(S(=O)(=O)c2ccc(Oc3ccc(S(=O)(=O)c4ccc(C)cc4)cc3)cc2)cc1.COc1ccc(S(=O)(=O)c2cccc(Oc3ccc(S(=O)(=O)c4ccc(C)cc4)cc3)c2)cc1. The minimum atomic E-state index is -3.75. The van der Waals surface area contributed by atoms with Gasteiger partial charge in [-0.25, -0.2) is 33.7 Å². The van der Waals surface area contributed by atoms with Crippen molar-refractivity contribution >= 4 is 39.3 Å². The van der Waals surface area contributed by atoms with Crippen LogP contribution in [0.25, 0.3) is 0 Å². The van der Waals surface area contributed by atoms with Gasteiger partial charge >= 0.3 is 0 Å². The predicted octanol–water partition coefficient (Wildman–Crippen LogP) is 10.9. The highest BCUT2D eigenvalue weighted by molar-refractivity contribution is 7.92. The van der Waals surface area contributed by atoms with Gasteiger partial charge in [0.05, 0.1) is 53.4 Å². The van der Waals surface area contributed by atoms with Crippen LogP contribution >= 0.6 is 0 Å². The molecule has 12 nitrogen and oxygen atoms in total. The Morgan fingerprint density at radius 3 is 0.779 bits per heavy atom. The molecule has 0 spiro atoms. The van der Waals surface area contributed by atoms with E-state index in [4.69, 9.17) is 18.9 Å². The van der Waals surface area contributed by atoms with Gasteiger partial charge in [-0.3, -0.25) is 0 Å². The van der Waals surface area contributed by atoms with Crippen molar-refractivity contribution in [1.29, 1.82) is 0 Å². The van der Waals surface area contributed by atoms with E-state index in [9.17, 15) is 33.7 Å². The number of benzene rings is 8. The van der Waals surface area contributed by atoms with E-state index in [0.29, 0.717) is 34.5 Å². The summed E-state index contributed by atoms with van der Waals surface area (Å²) in [7, 11) is -11.7. The van der Waals surface area contributed by atoms with Crippen molar-refractivity contribution in [2.24, 2.45) is 0 Å². The van der Waals surface area contributed by atoms with Crippen LogP contribution in [0.4, 0.5) is 0 Å². The Morgan fingerprint density at radius 2 is 0.500 bits per heavy atom. The molecule has 0 heterocycles. The minimum absolute atomic E-state index is 0.0775. The lowest BCUT2D eigenvalue weighted by atomic mass is 10.2. The summed E-state index contributed by atoms with van der Waals surface area (Å²) in [5, 5.41) is 0. The third-order valence-corrected chi connectivity index (χ3v) is 17.5. The fourth-order valence-electron chi connectivity index (χ4n) is 6.53. The Morgan fingerprint density at radius 1 is 0.265 bits per heavy atom. The van der Waals surface area contributed by atoms with Crippen LogP contribution in [0, 0.1) is 13.8 Å². The van der Waals surface area contributed by atoms with E-state index in [1.54, 1.807) is 109 Å². The van der Waals surface area contributed by atoms with E-state index in [2.05, 4.69) is 0 Å². The van der Waals surface area contributed by atoms with Crippen molar-refractivity contribution < 1.29 is 52.6 Å². The van der Waals surface area contributed by atoms with Crippen LogP contribution in [-0.2, 0) is 39.3 Å². The summed E-state index contributed by atoms with van der Waals surface area (Å²) in [6.07, 6.45) is 0. The summed E-state index contributed by atoms with van der Waals surface area (Å²) in [4.78, 5) is 1.23. The molecule has 0 unspecified atom stereocenters. The van der Waals surface area contributed by atoms with Gasteiger partial charge in [-0.05, 0) is 178 Å². The van der Waals surface area contributed by atoms with E-state index in [-0.39, 0.29) is 39.2 Å². The summed E-state index contributed by atoms with van der Waals surface area (Å²) >= 11 is 0. The summed E-state index contributed by atoms with van der Waals surface area (Å²) < 4.78 is 125. The van der Waals surface area contributed by atoms with Crippen LogP contribution in [0.3, 0.4) is 0 Å². The number of hydrogen-bond acceptors (Lipinski definition) is 12. The van der Waals surface area contributed by atoms with Crippen molar-refractivity contribution in [2.45, 2.75) is 53.0 Å². The third-order valence-electron chi connectivity index (χ3n) is 10.4. The molecule has 0 aliphatic rings. The maximum atomic E-state index is 13.0. The standard InChI is InChI=1S/2C26H22O6S2/c1-19-3-11-23(12-4-19)33(27,28)25-15-7-21(8-16-25)32-22-9-17-26(18-10-22)34(29,30)24-13-5-20(31-2)6-14-24;1-19-6-12-23(13-7-19)33(27,28)24-16-10-21(11-17-24)32-22-4-3-5-26(18-22)34(29,30)25-14-8-20(31-2)9-15-25/h2*3-18H,1-2H3. The number of methoxy groups -OCH3 is 2. The number of rotatable bonds is 14. The van der Waals surface area contributed by atoms with Crippen LogP contribution in [-0.4, -0.2) is 47.9 Å². The van der Waals surface area contributed by atoms with Crippen LogP contribution < -0.4 is 18.9 Å². The first-order valence-electron chi connectivity index (χ1n) is 20.6. The average molecular weight is 989 g/mol. The minimum Gasteiger partial charge on any atom is -0.497 e. The second-order valence-corrected chi connectivity index (χ2v) is 22.9. The van der Waals surface area contributed by atoms with Gasteiger partial charge in [0.1, 0.15) is 34.5 Å². The van der Waals surface area contributed by atoms with Gasteiger partial charge in [0, 0.05) is 0 Å². The molecule has 348 valence electrons. The Kier molecular flexibility index (Phi) is 14.6. The van der Waals surface area contributed by atoms with Gasteiger partial charge in [-0.1, -0.05) is 41.5 Å². The zero-order valence-corrected chi connectivity index (χ0v) is 40.3. The quantitative estimate of drug-likeness (QED) is 0.101. The fourth-order valence-corrected chi connectivity index (χ4v) is 11.6. The van der Waals surface area contributed by atoms with E-state index >= 15 is 0 Å². The molecular weight excluding hydrogens is 945 g/mol. The number of hydrogen-bond donors (Lipinski definition) is 0. The first-order chi connectivity index (χ1) is 32.4. The molecule has 16 heteroatoms. The maximum absolute atomic E-state index is 13.0. The molecule has 0 N–H and O–H groups in total. The van der Waals surface area contributed by atoms with E-state index < -0.39 is 39.3 Å². The normalized spacial score (nSPS) is 11.7. The van der Waals surface area contributed by atoms with Crippen molar-refractivity contribution in [3.05, 3.63) is 205 Å². The van der Waals surface area contributed by atoms with E-state index in [1.165, 1.54) is 99.1 Å². The molecule has 8 aromatic carbocycles. The molecule has 0 aliphatic heterocycles. The molecule has 8 aromatic rings. The van der Waals surface area contributed by atoms with Crippen LogP contribution in [0.2, 0.25) is 0 Å². The van der Waals surface area contributed by atoms with Crippen LogP contribution in [0.5, 0.6) is 34.5 Å². The lowest BCUT2D eigenvalue weighted by Crippen LogP contribution is -2.02. The summed E-state index contributed by atoms with van der Waals surface area (Å²) in [6.45, 7) is 3.78. The van der Waals surface area contributed by atoms with Gasteiger partial charge < -0.3 is 18.9 Å². The molecule has 68 heavy (non-hydrogen) atoms. The molecule has 0 saturated carbocycles. The highest BCUT2D eigenvalue weighted by Gasteiger charge is 2.22. The van der Waals surface area contributed by atoms with Crippen molar-refractivity contribution in [2.75, 3.05) is 14.2 Å². The topological polar surface area (TPSA) is 173 Å². The molecular formula is C52H44O12S4. The molecule has 0 atom stereocenters. The Balaban J connectivity index is 0.000000201. The summed E-state index contributed by atoms with van der Waals surface area (Å²) in [5.41, 5.74) is 1.95. The third kappa shape index (κ3) is 11.1. The highest BCUT2D eigenvalue weighted by atomic mass is 32.2. The first kappa shape index (κ1) is 48.7.